The maximum atomic E-state index is 13.6. The second kappa shape index (κ2) is 5.10. The van der Waals surface area contributed by atoms with Crippen molar-refractivity contribution in [3.8, 4) is 0 Å². The summed E-state index contributed by atoms with van der Waals surface area (Å²) in [5, 5.41) is 11.0. The molecule has 1 heterocycles. The lowest BCUT2D eigenvalue weighted by molar-refractivity contribution is 0.192. The maximum absolute atomic E-state index is 13.6. The van der Waals surface area contributed by atoms with Gasteiger partial charge >= 0.3 is 0 Å². The first-order valence-electron chi connectivity index (χ1n) is 6.64. The lowest BCUT2D eigenvalue weighted by Crippen LogP contribution is -1.97. The van der Waals surface area contributed by atoms with Crippen molar-refractivity contribution in [1.29, 1.82) is 0 Å². The molecule has 1 unspecified atom stereocenters. The van der Waals surface area contributed by atoms with Gasteiger partial charge in [0.05, 0.1) is 0 Å². The largest absolute Gasteiger partial charge is 0.455 e. The summed E-state index contributed by atoms with van der Waals surface area (Å²) in [6, 6.07) is 14.1. The molecule has 0 aliphatic heterocycles. The van der Waals surface area contributed by atoms with E-state index in [1.165, 1.54) is 11.6 Å². The predicted molar refractivity (Wildman–Crippen MR) is 76.1 cm³/mol. The minimum absolute atomic E-state index is 0.187. The van der Waals surface area contributed by atoms with Gasteiger partial charge in [-0.2, -0.15) is 0 Å². The van der Waals surface area contributed by atoms with Crippen molar-refractivity contribution in [2.24, 2.45) is 0 Å². The number of halogens is 1. The average Bonchev–Trinajstić information content (AvgIpc) is 2.92. The van der Waals surface area contributed by atoms with Crippen LogP contribution in [0.1, 0.15) is 29.9 Å². The van der Waals surface area contributed by atoms with Gasteiger partial charge in [-0.05, 0) is 29.7 Å². The van der Waals surface area contributed by atoms with Gasteiger partial charge in [0.2, 0.25) is 0 Å². The lowest BCUT2D eigenvalue weighted by atomic mass is 10.0. The fourth-order valence-corrected chi connectivity index (χ4v) is 2.28. The van der Waals surface area contributed by atoms with Crippen LogP contribution in [0.5, 0.6) is 0 Å². The smallest absolute Gasteiger partial charge is 0.170 e. The summed E-state index contributed by atoms with van der Waals surface area (Å²) in [6.45, 7) is 2.08. The third kappa shape index (κ3) is 2.21. The number of aliphatic hydroxyl groups excluding tert-OH is 1. The molecule has 2 nitrogen and oxygen atoms in total. The highest BCUT2D eigenvalue weighted by molar-refractivity contribution is 5.78. The first-order valence-corrected chi connectivity index (χ1v) is 6.64. The minimum Gasteiger partial charge on any atom is -0.455 e. The molecule has 2 aromatic carbocycles. The van der Waals surface area contributed by atoms with Crippen molar-refractivity contribution in [2.45, 2.75) is 19.4 Å². The molecule has 0 radical (unpaired) electrons. The van der Waals surface area contributed by atoms with Crippen LogP contribution in [0.25, 0.3) is 11.0 Å². The monoisotopic (exact) mass is 270 g/mol. The van der Waals surface area contributed by atoms with E-state index in [0.29, 0.717) is 11.1 Å². The number of para-hydroxylation sites is 1. The topological polar surface area (TPSA) is 33.4 Å². The van der Waals surface area contributed by atoms with E-state index in [9.17, 15) is 9.50 Å². The van der Waals surface area contributed by atoms with Crippen LogP contribution in [0.3, 0.4) is 0 Å². The van der Waals surface area contributed by atoms with Crippen molar-refractivity contribution in [3.05, 3.63) is 71.2 Å². The minimum atomic E-state index is -0.882. The molecule has 0 fully saturated rings. The Bertz CT molecular complexity index is 728. The highest BCUT2D eigenvalue weighted by atomic mass is 19.1. The highest BCUT2D eigenvalue weighted by Crippen LogP contribution is 2.29. The zero-order chi connectivity index (χ0) is 14.1. The average molecular weight is 270 g/mol. The first-order chi connectivity index (χ1) is 9.69. The van der Waals surface area contributed by atoms with Crippen molar-refractivity contribution >= 4 is 11.0 Å². The Morgan fingerprint density at radius 3 is 2.55 bits per heavy atom. The second-order valence-electron chi connectivity index (χ2n) is 4.80. The van der Waals surface area contributed by atoms with Crippen LogP contribution >= 0.6 is 0 Å². The molecule has 3 heteroatoms. The first kappa shape index (κ1) is 12.9. The van der Waals surface area contributed by atoms with E-state index >= 15 is 0 Å². The summed E-state index contributed by atoms with van der Waals surface area (Å²) in [4.78, 5) is 0. The summed E-state index contributed by atoms with van der Waals surface area (Å²) in [6.07, 6.45) is 0.0689. The van der Waals surface area contributed by atoms with Crippen LogP contribution in [-0.2, 0) is 6.42 Å². The molecular weight excluding hydrogens is 255 g/mol. The van der Waals surface area contributed by atoms with Crippen LogP contribution in [-0.4, -0.2) is 5.11 Å². The third-order valence-electron chi connectivity index (χ3n) is 3.49. The van der Waals surface area contributed by atoms with E-state index in [4.69, 9.17) is 4.42 Å². The van der Waals surface area contributed by atoms with Crippen LogP contribution < -0.4 is 0 Å². The van der Waals surface area contributed by atoms with E-state index in [-0.39, 0.29) is 5.58 Å². The van der Waals surface area contributed by atoms with Crippen LogP contribution in [0, 0.1) is 5.82 Å². The molecule has 0 spiro atoms. The Morgan fingerprint density at radius 1 is 1.15 bits per heavy atom. The number of rotatable bonds is 3. The number of furan rings is 1. The molecule has 1 aromatic heterocycles. The molecule has 20 heavy (non-hydrogen) atoms. The number of aliphatic hydroxyl groups is 1. The Morgan fingerprint density at radius 2 is 1.90 bits per heavy atom. The van der Waals surface area contributed by atoms with E-state index in [0.717, 1.165) is 12.0 Å². The molecule has 0 aliphatic rings. The van der Waals surface area contributed by atoms with Crippen LogP contribution in [0.2, 0.25) is 0 Å². The summed E-state index contributed by atoms with van der Waals surface area (Å²) in [5.74, 6) is -0.0587. The van der Waals surface area contributed by atoms with Crippen molar-refractivity contribution in [1.82, 2.24) is 0 Å². The zero-order valence-electron chi connectivity index (χ0n) is 11.1. The van der Waals surface area contributed by atoms with E-state index in [1.807, 2.05) is 24.3 Å². The quantitative estimate of drug-likeness (QED) is 0.773. The fourth-order valence-electron chi connectivity index (χ4n) is 2.28. The van der Waals surface area contributed by atoms with Gasteiger partial charge in [0.15, 0.2) is 11.4 Å². The van der Waals surface area contributed by atoms with Crippen LogP contribution in [0.4, 0.5) is 4.39 Å². The van der Waals surface area contributed by atoms with E-state index < -0.39 is 11.9 Å². The standard InChI is InChI=1S/C17H15FO2/c1-2-11-6-8-12(9-7-11)16(19)15-10-13-4-3-5-14(18)17(13)20-15/h3-10,16,19H,2H2,1H3. The third-order valence-corrected chi connectivity index (χ3v) is 3.49. The summed E-state index contributed by atoms with van der Waals surface area (Å²) >= 11 is 0. The molecule has 3 rings (SSSR count). The summed E-state index contributed by atoms with van der Waals surface area (Å²) in [7, 11) is 0. The lowest BCUT2D eigenvalue weighted by Gasteiger charge is -2.08. The number of aryl methyl sites for hydroxylation is 1. The zero-order valence-corrected chi connectivity index (χ0v) is 11.1. The fraction of sp³-hybridized carbons (Fsp3) is 0.176. The molecule has 0 bridgehead atoms. The summed E-state index contributed by atoms with van der Waals surface area (Å²) < 4.78 is 19.0. The second-order valence-corrected chi connectivity index (χ2v) is 4.80. The molecule has 102 valence electrons. The Balaban J connectivity index is 1.98. The molecular formula is C17H15FO2. The van der Waals surface area contributed by atoms with Gasteiger partial charge in [-0.3, -0.25) is 0 Å². The number of hydrogen-bond donors (Lipinski definition) is 1. The highest BCUT2D eigenvalue weighted by Gasteiger charge is 2.16. The predicted octanol–water partition coefficient (Wildman–Crippen LogP) is 4.22. The molecule has 1 atom stereocenters. The Kier molecular flexibility index (Phi) is 3.28. The molecule has 3 aromatic rings. The molecule has 0 saturated heterocycles. The van der Waals surface area contributed by atoms with Gasteiger partial charge in [-0.25, -0.2) is 4.39 Å². The van der Waals surface area contributed by atoms with Gasteiger partial charge in [0.25, 0.3) is 0 Å². The summed E-state index contributed by atoms with van der Waals surface area (Å²) in [5.41, 5.74) is 2.13. The molecule has 0 aliphatic carbocycles. The van der Waals surface area contributed by atoms with Gasteiger partial charge in [0.1, 0.15) is 11.9 Å². The Hall–Kier alpha value is -2.13. The Labute approximate surface area is 116 Å². The van der Waals surface area contributed by atoms with Gasteiger partial charge in [-0.1, -0.05) is 43.3 Å². The van der Waals surface area contributed by atoms with Gasteiger partial charge in [-0.15, -0.1) is 0 Å². The van der Waals surface area contributed by atoms with Crippen molar-refractivity contribution in [2.75, 3.05) is 0 Å². The number of benzene rings is 2. The maximum Gasteiger partial charge on any atom is 0.170 e. The molecule has 0 saturated carbocycles. The van der Waals surface area contributed by atoms with Crippen molar-refractivity contribution in [3.63, 3.8) is 0 Å². The van der Waals surface area contributed by atoms with Gasteiger partial charge < -0.3 is 9.52 Å². The molecule has 1 N–H and O–H groups in total. The number of fused-ring (bicyclic) bond motifs is 1. The van der Waals surface area contributed by atoms with Crippen molar-refractivity contribution < 1.29 is 13.9 Å². The van der Waals surface area contributed by atoms with Crippen LogP contribution in [0.15, 0.2) is 52.9 Å². The SMILES string of the molecule is CCc1ccc(C(O)c2cc3cccc(F)c3o2)cc1. The van der Waals surface area contributed by atoms with Gasteiger partial charge in [0, 0.05) is 5.39 Å². The van der Waals surface area contributed by atoms with E-state index in [1.54, 1.807) is 18.2 Å². The number of hydrogen-bond acceptors (Lipinski definition) is 2. The normalized spacial score (nSPS) is 12.8. The van der Waals surface area contributed by atoms with E-state index in [2.05, 4.69) is 6.92 Å². The molecule has 0 amide bonds.